The third-order valence-electron chi connectivity index (χ3n) is 6.80. The van der Waals surface area contributed by atoms with Crippen molar-refractivity contribution in [1.29, 1.82) is 0 Å². The molecule has 0 saturated carbocycles. The van der Waals surface area contributed by atoms with Crippen LogP contribution >= 0.6 is 11.6 Å². The summed E-state index contributed by atoms with van der Waals surface area (Å²) in [6.45, 7) is 6.66. The van der Waals surface area contributed by atoms with Gasteiger partial charge in [-0.2, -0.15) is 13.5 Å². The van der Waals surface area contributed by atoms with E-state index in [1.54, 1.807) is 30.2 Å². The summed E-state index contributed by atoms with van der Waals surface area (Å²) >= 11 is 6.22. The Morgan fingerprint density at radius 1 is 1.19 bits per heavy atom. The van der Waals surface area contributed by atoms with E-state index in [-0.39, 0.29) is 17.9 Å². The van der Waals surface area contributed by atoms with Gasteiger partial charge in [0.25, 0.3) is 0 Å². The smallest absolute Gasteiger partial charge is 0.302 e. The predicted octanol–water partition coefficient (Wildman–Crippen LogP) is 5.07. The van der Waals surface area contributed by atoms with Gasteiger partial charge in [0.2, 0.25) is 0 Å². The summed E-state index contributed by atoms with van der Waals surface area (Å²) in [6, 6.07) is 7.76. The lowest BCUT2D eigenvalue weighted by molar-refractivity contribution is 0.338. The van der Waals surface area contributed by atoms with E-state index in [2.05, 4.69) is 50.2 Å². The molecule has 9 nitrogen and oxygen atoms in total. The van der Waals surface area contributed by atoms with Crippen molar-refractivity contribution in [1.82, 2.24) is 24.7 Å². The summed E-state index contributed by atoms with van der Waals surface area (Å²) in [5, 5.41) is 9.71. The van der Waals surface area contributed by atoms with Gasteiger partial charge in [0.1, 0.15) is 11.6 Å². The molecule has 0 spiro atoms. The molecule has 1 saturated heterocycles. The second-order valence-electron chi connectivity index (χ2n) is 9.70. The first-order valence-electron chi connectivity index (χ1n) is 11.9. The number of anilines is 3. The standard InChI is InChI=1S/C25H27ClFN7O2S/c1-14(2)17-5-6-21(34-11-16(15(34)3)13-37(27,35)36)19-10-29-23(9-18(17)19)30-22-7-8-28-25(31-22)20-12-33(4)32-24(20)26/h5-10,12,14-16H,11,13H2,1-4H3,(H,28,29,30,31)/t15-,16-/m1/s1. The second-order valence-corrected chi connectivity index (χ2v) is 11.5. The highest BCUT2D eigenvalue weighted by Crippen LogP contribution is 2.39. The van der Waals surface area contributed by atoms with Crippen LogP contribution in [0.3, 0.4) is 0 Å². The van der Waals surface area contributed by atoms with Gasteiger partial charge in [-0.05, 0) is 42.0 Å². The van der Waals surface area contributed by atoms with Crippen LogP contribution < -0.4 is 10.2 Å². The molecular weight excluding hydrogens is 517 g/mol. The first kappa shape index (κ1) is 25.3. The Balaban J connectivity index is 1.47. The minimum Gasteiger partial charge on any atom is -0.368 e. The molecule has 1 aliphatic heterocycles. The predicted molar refractivity (Wildman–Crippen MR) is 144 cm³/mol. The fraction of sp³-hybridized carbons (Fsp3) is 0.360. The van der Waals surface area contributed by atoms with Crippen LogP contribution in [0.2, 0.25) is 5.15 Å². The van der Waals surface area contributed by atoms with Crippen molar-refractivity contribution < 1.29 is 12.3 Å². The van der Waals surface area contributed by atoms with Gasteiger partial charge < -0.3 is 10.2 Å². The average molecular weight is 544 g/mol. The number of rotatable bonds is 7. The lowest BCUT2D eigenvalue weighted by Gasteiger charge is -2.48. The molecule has 12 heteroatoms. The van der Waals surface area contributed by atoms with Crippen LogP contribution in [-0.2, 0) is 17.3 Å². The van der Waals surface area contributed by atoms with Crippen molar-refractivity contribution in [2.45, 2.75) is 32.7 Å². The molecule has 0 unspecified atom stereocenters. The van der Waals surface area contributed by atoms with Crippen molar-refractivity contribution in [3.05, 3.63) is 53.6 Å². The van der Waals surface area contributed by atoms with E-state index < -0.39 is 16.0 Å². The molecule has 3 aromatic heterocycles. The number of aryl methyl sites for hydroxylation is 1. The number of hydrogen-bond donors (Lipinski definition) is 1. The van der Waals surface area contributed by atoms with Crippen LogP contribution in [-0.4, -0.2) is 51.5 Å². The number of nitrogens with zero attached hydrogens (tertiary/aromatic N) is 6. The molecule has 0 bridgehead atoms. The minimum absolute atomic E-state index is 0.102. The molecule has 0 amide bonds. The Bertz CT molecular complexity index is 1590. The van der Waals surface area contributed by atoms with Crippen LogP contribution in [0, 0.1) is 5.92 Å². The van der Waals surface area contributed by atoms with E-state index in [9.17, 15) is 12.3 Å². The topological polar surface area (TPSA) is 106 Å². The molecule has 194 valence electrons. The lowest BCUT2D eigenvalue weighted by Crippen LogP contribution is -2.57. The second kappa shape index (κ2) is 9.53. The summed E-state index contributed by atoms with van der Waals surface area (Å²) < 4.78 is 37.1. The molecule has 5 rings (SSSR count). The summed E-state index contributed by atoms with van der Waals surface area (Å²) in [4.78, 5) is 15.6. The Morgan fingerprint density at radius 2 is 1.97 bits per heavy atom. The maximum atomic E-state index is 13.2. The third kappa shape index (κ3) is 5.10. The molecule has 4 aromatic rings. The zero-order valence-electron chi connectivity index (χ0n) is 20.9. The fourth-order valence-electron chi connectivity index (χ4n) is 4.82. The van der Waals surface area contributed by atoms with E-state index in [1.165, 1.54) is 0 Å². The van der Waals surface area contributed by atoms with Crippen molar-refractivity contribution in [3.8, 4) is 11.4 Å². The number of fused-ring (bicyclic) bond motifs is 1. The SMILES string of the molecule is CC(C)c1ccc(N2C[C@H](CS(=O)(=O)F)[C@H]2C)c2cnc(Nc3ccnc(-c4cn(C)nc4Cl)n3)cc12. The van der Waals surface area contributed by atoms with Crippen molar-refractivity contribution in [2.75, 3.05) is 22.5 Å². The van der Waals surface area contributed by atoms with Gasteiger partial charge >= 0.3 is 10.2 Å². The van der Waals surface area contributed by atoms with Crippen LogP contribution in [0.5, 0.6) is 0 Å². The number of pyridine rings is 1. The molecule has 0 aliphatic carbocycles. The monoisotopic (exact) mass is 543 g/mol. The summed E-state index contributed by atoms with van der Waals surface area (Å²) in [5.74, 6) is 1.19. The maximum Gasteiger partial charge on any atom is 0.302 e. The van der Waals surface area contributed by atoms with E-state index in [0.717, 1.165) is 22.0 Å². The Morgan fingerprint density at radius 3 is 2.62 bits per heavy atom. The zero-order chi connectivity index (χ0) is 26.5. The van der Waals surface area contributed by atoms with E-state index in [1.807, 2.05) is 25.3 Å². The quantitative estimate of drug-likeness (QED) is 0.322. The first-order valence-corrected chi connectivity index (χ1v) is 13.8. The Hall–Kier alpha value is -3.31. The first-order chi connectivity index (χ1) is 17.5. The average Bonchev–Trinajstić information content (AvgIpc) is 3.18. The molecular formula is C25H27ClFN7O2S. The summed E-state index contributed by atoms with van der Waals surface area (Å²) in [6.07, 6.45) is 5.22. The van der Waals surface area contributed by atoms with E-state index >= 15 is 0 Å². The molecule has 2 atom stereocenters. The molecule has 0 radical (unpaired) electrons. The van der Waals surface area contributed by atoms with Gasteiger partial charge in [0.05, 0.1) is 11.3 Å². The van der Waals surface area contributed by atoms with Crippen molar-refractivity contribution in [2.24, 2.45) is 13.0 Å². The number of nitrogens with one attached hydrogen (secondary N) is 1. The Labute approximate surface area is 219 Å². The Kier molecular flexibility index (Phi) is 6.53. The highest BCUT2D eigenvalue weighted by molar-refractivity contribution is 7.86. The van der Waals surface area contributed by atoms with Crippen LogP contribution in [0.4, 0.5) is 21.2 Å². The molecule has 1 aliphatic rings. The van der Waals surface area contributed by atoms with Gasteiger partial charge in [0, 0.05) is 55.2 Å². The van der Waals surface area contributed by atoms with Gasteiger partial charge in [-0.1, -0.05) is 31.5 Å². The van der Waals surface area contributed by atoms with Crippen LogP contribution in [0.25, 0.3) is 22.2 Å². The molecule has 37 heavy (non-hydrogen) atoms. The normalized spacial score (nSPS) is 17.9. The largest absolute Gasteiger partial charge is 0.368 e. The lowest BCUT2D eigenvalue weighted by atomic mass is 9.88. The zero-order valence-corrected chi connectivity index (χ0v) is 22.4. The highest BCUT2D eigenvalue weighted by atomic mass is 35.5. The van der Waals surface area contributed by atoms with Gasteiger partial charge in [-0.3, -0.25) is 4.68 Å². The van der Waals surface area contributed by atoms with E-state index in [0.29, 0.717) is 34.7 Å². The number of halogens is 2. The summed E-state index contributed by atoms with van der Waals surface area (Å²) in [7, 11) is -2.73. The van der Waals surface area contributed by atoms with Crippen LogP contribution in [0.1, 0.15) is 32.3 Å². The molecule has 1 N–H and O–H groups in total. The number of hydrogen-bond acceptors (Lipinski definition) is 8. The molecule has 1 fully saturated rings. The molecule has 1 aromatic carbocycles. The molecule has 4 heterocycles. The third-order valence-corrected chi connectivity index (χ3v) is 7.90. The highest BCUT2D eigenvalue weighted by Gasteiger charge is 2.39. The van der Waals surface area contributed by atoms with Crippen molar-refractivity contribution >= 4 is 49.9 Å². The van der Waals surface area contributed by atoms with Gasteiger partial charge in [-0.15, -0.1) is 3.89 Å². The maximum absolute atomic E-state index is 13.2. The van der Waals surface area contributed by atoms with Gasteiger partial charge in [-0.25, -0.2) is 15.0 Å². The fourth-order valence-corrected chi connectivity index (χ4v) is 5.97. The summed E-state index contributed by atoms with van der Waals surface area (Å²) in [5.41, 5.74) is 2.74. The van der Waals surface area contributed by atoms with Crippen LogP contribution in [0.15, 0.2) is 42.9 Å². The van der Waals surface area contributed by atoms with Gasteiger partial charge in [0.15, 0.2) is 11.0 Å². The van der Waals surface area contributed by atoms with E-state index in [4.69, 9.17) is 11.6 Å². The minimum atomic E-state index is -4.51. The number of benzene rings is 1. The van der Waals surface area contributed by atoms with Crippen molar-refractivity contribution in [3.63, 3.8) is 0 Å². The number of aromatic nitrogens is 5.